The first-order chi connectivity index (χ1) is 14.1. The molecule has 0 bridgehead atoms. The number of carbonyl (C=O) groups is 2. The first-order valence-corrected chi connectivity index (χ1v) is 10.8. The summed E-state index contributed by atoms with van der Waals surface area (Å²) in [5, 5.41) is 1.52. The monoisotopic (exact) mass is 426 g/mol. The Bertz CT molecular complexity index is 1060. The van der Waals surface area contributed by atoms with Crippen LogP contribution in [-0.2, 0) is 9.59 Å². The fourth-order valence-corrected chi connectivity index (χ4v) is 5.21. The van der Waals surface area contributed by atoms with Crippen LogP contribution < -0.4 is 9.80 Å². The van der Waals surface area contributed by atoms with E-state index in [0.717, 1.165) is 36.8 Å². The number of anilines is 2. The minimum Gasteiger partial charge on any atom is -0.345 e. The Morgan fingerprint density at radius 2 is 1.79 bits per heavy atom. The molecule has 5 rings (SSSR count). The highest BCUT2D eigenvalue weighted by Gasteiger charge is 2.43. The van der Waals surface area contributed by atoms with Gasteiger partial charge in [-0.3, -0.25) is 14.5 Å². The van der Waals surface area contributed by atoms with E-state index in [2.05, 4.69) is 15.9 Å². The summed E-state index contributed by atoms with van der Waals surface area (Å²) < 4.78 is 1.18. The van der Waals surface area contributed by atoms with E-state index in [1.807, 2.05) is 18.2 Å². The van der Waals surface area contributed by atoms with Gasteiger partial charge in [-0.15, -0.1) is 0 Å². The number of rotatable bonds is 3. The van der Waals surface area contributed by atoms with Gasteiger partial charge in [-0.05, 0) is 30.3 Å². The number of aromatic nitrogens is 1. The maximum atomic E-state index is 13.0. The van der Waals surface area contributed by atoms with E-state index < -0.39 is 6.04 Å². The molecule has 3 aromatic rings. The lowest BCUT2D eigenvalue weighted by Gasteiger charge is -2.36. The van der Waals surface area contributed by atoms with Crippen molar-refractivity contribution < 1.29 is 9.59 Å². The number of thiazole rings is 1. The van der Waals surface area contributed by atoms with Crippen LogP contribution in [0.4, 0.5) is 10.8 Å². The van der Waals surface area contributed by atoms with Crippen molar-refractivity contribution in [1.29, 1.82) is 0 Å². The molecule has 1 unspecified atom stereocenters. The molecule has 148 valence electrons. The summed E-state index contributed by atoms with van der Waals surface area (Å²) in [6.07, 6.45) is 0.215. The molecule has 2 amide bonds. The Hall–Kier alpha value is -2.48. The van der Waals surface area contributed by atoms with Gasteiger partial charge in [0.15, 0.2) is 5.13 Å². The first kappa shape index (κ1) is 18.5. The summed E-state index contributed by atoms with van der Waals surface area (Å²) in [5.41, 5.74) is 1.56. The summed E-state index contributed by atoms with van der Waals surface area (Å²) in [5.74, 6) is -0.332. The summed E-state index contributed by atoms with van der Waals surface area (Å²) in [6.45, 7) is 3.02. The summed E-state index contributed by atoms with van der Waals surface area (Å²) in [6, 6.07) is 14.6. The Kier molecular flexibility index (Phi) is 4.73. The largest absolute Gasteiger partial charge is 0.345 e. The maximum Gasteiger partial charge on any atom is 0.251 e. The number of hydrogen-bond acceptors (Lipinski definition) is 6. The normalized spacial score (nSPS) is 20.8. The number of fused-ring (bicyclic) bond motifs is 1. The van der Waals surface area contributed by atoms with Gasteiger partial charge in [-0.25, -0.2) is 9.88 Å². The molecular formula is C21H19ClN4O2S. The lowest BCUT2D eigenvalue weighted by Crippen LogP contribution is -2.52. The predicted molar refractivity (Wildman–Crippen MR) is 116 cm³/mol. The molecule has 2 fully saturated rings. The van der Waals surface area contributed by atoms with Crippen molar-refractivity contribution in [3.63, 3.8) is 0 Å². The van der Waals surface area contributed by atoms with Crippen molar-refractivity contribution in [3.05, 3.63) is 53.6 Å². The van der Waals surface area contributed by atoms with Crippen LogP contribution in [0.3, 0.4) is 0 Å². The zero-order valence-corrected chi connectivity index (χ0v) is 17.2. The highest BCUT2D eigenvalue weighted by molar-refractivity contribution is 7.22. The number of piperazine rings is 1. The van der Waals surface area contributed by atoms with Gasteiger partial charge in [-0.1, -0.05) is 41.1 Å². The fourth-order valence-electron chi connectivity index (χ4n) is 4.01. The second-order valence-corrected chi connectivity index (χ2v) is 8.70. The summed E-state index contributed by atoms with van der Waals surface area (Å²) in [7, 11) is 0. The predicted octanol–water partition coefficient (Wildman–Crippen LogP) is 3.40. The molecule has 0 spiro atoms. The minimum absolute atomic E-state index is 0.161. The van der Waals surface area contributed by atoms with E-state index in [1.165, 1.54) is 9.60 Å². The number of hydrogen-bond donors (Lipinski definition) is 0. The van der Waals surface area contributed by atoms with Gasteiger partial charge in [0.1, 0.15) is 0 Å². The molecule has 0 radical (unpaired) electrons. The molecule has 3 heterocycles. The molecule has 0 saturated carbocycles. The molecular weight excluding hydrogens is 408 g/mol. The third kappa shape index (κ3) is 3.39. The second kappa shape index (κ2) is 7.40. The maximum absolute atomic E-state index is 13.0. The Balaban J connectivity index is 1.28. The van der Waals surface area contributed by atoms with Crippen LogP contribution in [0.5, 0.6) is 0 Å². The number of imide groups is 1. The minimum atomic E-state index is -0.404. The van der Waals surface area contributed by atoms with E-state index >= 15 is 0 Å². The van der Waals surface area contributed by atoms with Crippen LogP contribution in [0.25, 0.3) is 10.2 Å². The summed E-state index contributed by atoms with van der Waals surface area (Å²) in [4.78, 5) is 35.9. The van der Waals surface area contributed by atoms with E-state index in [-0.39, 0.29) is 18.2 Å². The number of amides is 2. The van der Waals surface area contributed by atoms with Crippen LogP contribution in [0, 0.1) is 0 Å². The van der Waals surface area contributed by atoms with Crippen molar-refractivity contribution in [2.45, 2.75) is 12.5 Å². The highest BCUT2D eigenvalue weighted by Crippen LogP contribution is 2.31. The van der Waals surface area contributed by atoms with Gasteiger partial charge in [0.25, 0.3) is 5.91 Å². The average Bonchev–Trinajstić information content (AvgIpc) is 3.29. The number of nitrogens with zero attached hydrogens (tertiary/aromatic N) is 4. The van der Waals surface area contributed by atoms with Crippen LogP contribution in [-0.4, -0.2) is 53.9 Å². The number of para-hydroxylation sites is 1. The van der Waals surface area contributed by atoms with Gasteiger partial charge in [0.2, 0.25) is 5.91 Å². The fraction of sp³-hybridized carbons (Fsp3) is 0.286. The Morgan fingerprint density at radius 3 is 2.55 bits per heavy atom. The molecule has 2 aliphatic rings. The van der Waals surface area contributed by atoms with Crippen LogP contribution in [0.1, 0.15) is 6.42 Å². The molecule has 6 nitrogen and oxygen atoms in total. The Morgan fingerprint density at radius 1 is 1.00 bits per heavy atom. The van der Waals surface area contributed by atoms with Crippen LogP contribution in [0.2, 0.25) is 5.02 Å². The molecule has 2 aromatic carbocycles. The van der Waals surface area contributed by atoms with Crippen LogP contribution in [0.15, 0.2) is 48.5 Å². The van der Waals surface area contributed by atoms with E-state index in [1.54, 1.807) is 35.6 Å². The quantitative estimate of drug-likeness (QED) is 0.601. The van der Waals surface area contributed by atoms with E-state index in [0.29, 0.717) is 10.7 Å². The van der Waals surface area contributed by atoms with Crippen molar-refractivity contribution in [3.8, 4) is 0 Å². The van der Waals surface area contributed by atoms with Gasteiger partial charge < -0.3 is 4.90 Å². The van der Waals surface area contributed by atoms with Crippen molar-refractivity contribution in [2.75, 3.05) is 36.0 Å². The smallest absolute Gasteiger partial charge is 0.251 e. The zero-order chi connectivity index (χ0) is 20.0. The van der Waals surface area contributed by atoms with Gasteiger partial charge >= 0.3 is 0 Å². The number of carbonyl (C=O) groups excluding carboxylic acids is 2. The number of benzene rings is 2. The van der Waals surface area contributed by atoms with Crippen molar-refractivity contribution >= 4 is 55.8 Å². The van der Waals surface area contributed by atoms with Gasteiger partial charge in [0, 0.05) is 31.2 Å². The SMILES string of the molecule is O=C1CC(N2CCN(c3nc4ccccc4s3)CC2)C(=O)N1c1cccc(Cl)c1. The topological polar surface area (TPSA) is 56.8 Å². The Labute approximate surface area is 177 Å². The lowest BCUT2D eigenvalue weighted by molar-refractivity contribution is -0.123. The van der Waals surface area contributed by atoms with Crippen molar-refractivity contribution in [2.24, 2.45) is 0 Å². The number of halogens is 1. The summed E-state index contributed by atoms with van der Waals surface area (Å²) >= 11 is 7.73. The lowest BCUT2D eigenvalue weighted by atomic mass is 10.2. The van der Waals surface area contributed by atoms with E-state index in [9.17, 15) is 9.59 Å². The third-order valence-electron chi connectivity index (χ3n) is 5.50. The first-order valence-electron chi connectivity index (χ1n) is 9.57. The molecule has 1 aromatic heterocycles. The molecule has 8 heteroatoms. The second-order valence-electron chi connectivity index (χ2n) is 7.25. The molecule has 1 atom stereocenters. The van der Waals surface area contributed by atoms with Gasteiger partial charge in [0.05, 0.1) is 28.4 Å². The third-order valence-corrected chi connectivity index (χ3v) is 6.83. The van der Waals surface area contributed by atoms with E-state index in [4.69, 9.17) is 16.6 Å². The van der Waals surface area contributed by atoms with Crippen molar-refractivity contribution in [1.82, 2.24) is 9.88 Å². The molecule has 2 aliphatic heterocycles. The molecule has 29 heavy (non-hydrogen) atoms. The zero-order valence-electron chi connectivity index (χ0n) is 15.6. The van der Waals surface area contributed by atoms with Crippen LogP contribution >= 0.6 is 22.9 Å². The molecule has 0 N–H and O–H groups in total. The highest BCUT2D eigenvalue weighted by atomic mass is 35.5. The standard InChI is InChI=1S/C21H19ClN4O2S/c22-14-4-3-5-15(12-14)26-19(27)13-17(20(26)28)24-8-10-25(11-9-24)21-23-16-6-1-2-7-18(16)29-21/h1-7,12,17H,8-11,13H2. The average molecular weight is 427 g/mol. The molecule has 0 aliphatic carbocycles. The molecule has 2 saturated heterocycles. The van der Waals surface area contributed by atoms with Gasteiger partial charge in [-0.2, -0.15) is 0 Å².